The van der Waals surface area contributed by atoms with Crippen molar-refractivity contribution in [2.75, 3.05) is 28.4 Å². The molecule has 1 aliphatic rings. The summed E-state index contributed by atoms with van der Waals surface area (Å²) in [6.07, 6.45) is 0. The number of carbonyl (C=O) groups is 2. The van der Waals surface area contributed by atoms with E-state index in [0.717, 1.165) is 21.7 Å². The molecule has 1 aromatic heterocycles. The molecule has 0 fully saturated rings. The van der Waals surface area contributed by atoms with E-state index in [1.807, 2.05) is 69.3 Å². The van der Waals surface area contributed by atoms with Crippen LogP contribution in [-0.4, -0.2) is 45.4 Å². The van der Waals surface area contributed by atoms with E-state index >= 15 is 0 Å². The summed E-state index contributed by atoms with van der Waals surface area (Å²) in [5, 5.41) is 4.06. The minimum atomic E-state index is -0.885. The van der Waals surface area contributed by atoms with Gasteiger partial charge in [-0.15, -0.1) is 11.3 Å². The number of nitrogens with zero attached hydrogens (tertiary/aromatic N) is 1. The van der Waals surface area contributed by atoms with Crippen LogP contribution in [0.3, 0.4) is 0 Å². The number of benzene rings is 2. The fourth-order valence-electron chi connectivity index (χ4n) is 5.26. The summed E-state index contributed by atoms with van der Waals surface area (Å²) in [7, 11) is 5.86. The van der Waals surface area contributed by atoms with E-state index in [1.54, 1.807) is 14.2 Å². The van der Waals surface area contributed by atoms with Crippen LogP contribution < -0.4 is 14.8 Å². The Kier molecular flexibility index (Phi) is 7.78. The van der Waals surface area contributed by atoms with Gasteiger partial charge in [0.05, 0.1) is 57.1 Å². The van der Waals surface area contributed by atoms with E-state index in [-0.39, 0.29) is 0 Å². The molecule has 8 nitrogen and oxygen atoms in total. The zero-order chi connectivity index (χ0) is 27.6. The zero-order valence-electron chi connectivity index (χ0n) is 22.6. The van der Waals surface area contributed by atoms with E-state index in [2.05, 4.69) is 5.32 Å². The third kappa shape index (κ3) is 4.62. The van der Waals surface area contributed by atoms with Gasteiger partial charge in [-0.25, -0.2) is 9.78 Å². The first kappa shape index (κ1) is 27.2. The molecule has 0 saturated heterocycles. The minimum absolute atomic E-state index is 0.351. The van der Waals surface area contributed by atoms with Crippen molar-refractivity contribution in [2.45, 2.75) is 32.2 Å². The summed E-state index contributed by atoms with van der Waals surface area (Å²) < 4.78 is 21.4. The monoisotopic (exact) mass is 536 g/mol. The Morgan fingerprint density at radius 3 is 2.24 bits per heavy atom. The van der Waals surface area contributed by atoms with Crippen molar-refractivity contribution in [3.63, 3.8) is 0 Å². The van der Waals surface area contributed by atoms with Gasteiger partial charge in [-0.05, 0) is 44.5 Å². The highest BCUT2D eigenvalue weighted by Crippen LogP contribution is 2.50. The molecule has 9 heteroatoms. The number of rotatable bonds is 7. The molecule has 0 radical (unpaired) electrons. The molecule has 2 aromatic carbocycles. The van der Waals surface area contributed by atoms with Gasteiger partial charge < -0.3 is 24.3 Å². The second kappa shape index (κ2) is 10.9. The molecule has 4 rings (SSSR count). The predicted octanol–water partition coefficient (Wildman–Crippen LogP) is 4.97. The van der Waals surface area contributed by atoms with Crippen LogP contribution in [0.5, 0.6) is 11.5 Å². The number of hydrogen-bond donors (Lipinski definition) is 1. The van der Waals surface area contributed by atoms with Crippen molar-refractivity contribution in [1.29, 1.82) is 0 Å². The SMILES string of the molecule is COC(=O)C1=C(C)NC(C)(c2ccccc2)C(C(=O)OC)C1c1nc(-c2ccc(OC)c(OC)c2)c(C)s1. The van der Waals surface area contributed by atoms with Gasteiger partial charge in [-0.3, -0.25) is 4.79 Å². The maximum Gasteiger partial charge on any atom is 0.336 e. The fraction of sp³-hybridized carbons (Fsp3) is 0.345. The van der Waals surface area contributed by atoms with Gasteiger partial charge in [0.1, 0.15) is 5.01 Å². The number of ether oxygens (including phenoxy) is 4. The quantitative estimate of drug-likeness (QED) is 0.423. The van der Waals surface area contributed by atoms with Crippen molar-refractivity contribution in [1.82, 2.24) is 10.3 Å². The summed E-state index contributed by atoms with van der Waals surface area (Å²) in [6, 6.07) is 15.3. The van der Waals surface area contributed by atoms with Crippen LogP contribution in [0, 0.1) is 12.8 Å². The highest BCUT2D eigenvalue weighted by atomic mass is 32.1. The molecular formula is C29H32N2O6S. The van der Waals surface area contributed by atoms with Crippen LogP contribution in [-0.2, 0) is 24.6 Å². The van der Waals surface area contributed by atoms with Crippen molar-refractivity contribution in [3.8, 4) is 22.8 Å². The predicted molar refractivity (Wildman–Crippen MR) is 145 cm³/mol. The van der Waals surface area contributed by atoms with Crippen molar-refractivity contribution in [2.24, 2.45) is 5.92 Å². The Morgan fingerprint density at radius 1 is 0.947 bits per heavy atom. The standard InChI is InChI=1S/C29H32N2O6S/c1-16-22(27(32)36-6)23(24(28(33)37-7)29(3,31-16)19-11-9-8-10-12-19)26-30-25(17(2)38-26)18-13-14-20(34-4)21(15-18)35-5/h8-15,23-24,31H,1-7H3. The summed E-state index contributed by atoms with van der Waals surface area (Å²) in [5.41, 5.74) is 2.53. The number of aryl methyl sites for hydroxylation is 1. The van der Waals surface area contributed by atoms with Crippen LogP contribution in [0.2, 0.25) is 0 Å². The molecule has 3 unspecified atom stereocenters. The summed E-state index contributed by atoms with van der Waals surface area (Å²) in [6.45, 7) is 5.74. The molecule has 1 aliphatic heterocycles. The van der Waals surface area contributed by atoms with Crippen molar-refractivity contribution < 1.29 is 28.5 Å². The molecule has 2 heterocycles. The molecule has 200 valence electrons. The lowest BCUT2D eigenvalue weighted by atomic mass is 9.67. The topological polar surface area (TPSA) is 96.0 Å². The lowest BCUT2D eigenvalue weighted by Gasteiger charge is -2.46. The number of thiazole rings is 1. The van der Waals surface area contributed by atoms with Crippen LogP contribution in [0.15, 0.2) is 59.8 Å². The summed E-state index contributed by atoms with van der Waals surface area (Å²) >= 11 is 1.44. The first-order valence-corrected chi connectivity index (χ1v) is 12.9. The average Bonchev–Trinajstić information content (AvgIpc) is 3.32. The smallest absolute Gasteiger partial charge is 0.336 e. The molecular weight excluding hydrogens is 504 g/mol. The number of nitrogens with one attached hydrogen (secondary N) is 1. The van der Waals surface area contributed by atoms with Crippen LogP contribution in [0.4, 0.5) is 0 Å². The molecule has 0 aliphatic carbocycles. The first-order valence-electron chi connectivity index (χ1n) is 12.1. The van der Waals surface area contributed by atoms with Gasteiger partial charge >= 0.3 is 11.9 Å². The molecule has 0 amide bonds. The number of hydrogen-bond acceptors (Lipinski definition) is 9. The number of esters is 2. The van der Waals surface area contributed by atoms with Gasteiger partial charge in [0.25, 0.3) is 0 Å². The van der Waals surface area contributed by atoms with E-state index in [9.17, 15) is 9.59 Å². The third-order valence-corrected chi connectivity index (χ3v) is 8.14. The molecule has 0 bridgehead atoms. The van der Waals surface area contributed by atoms with Gasteiger partial charge in [-0.2, -0.15) is 0 Å². The Bertz CT molecular complexity index is 1380. The number of methoxy groups -OCH3 is 4. The maximum absolute atomic E-state index is 13.5. The number of aromatic nitrogens is 1. The summed E-state index contributed by atoms with van der Waals surface area (Å²) in [4.78, 5) is 32.6. The van der Waals surface area contributed by atoms with Crippen molar-refractivity contribution >= 4 is 23.3 Å². The fourth-order valence-corrected chi connectivity index (χ4v) is 6.35. The Balaban J connectivity index is 1.95. The Morgan fingerprint density at radius 2 is 1.63 bits per heavy atom. The van der Waals surface area contributed by atoms with Crippen LogP contribution in [0.1, 0.15) is 35.2 Å². The average molecular weight is 537 g/mol. The van der Waals surface area contributed by atoms with E-state index in [0.29, 0.717) is 27.8 Å². The largest absolute Gasteiger partial charge is 0.493 e. The lowest BCUT2D eigenvalue weighted by Crippen LogP contribution is -2.55. The van der Waals surface area contributed by atoms with E-state index in [4.69, 9.17) is 23.9 Å². The second-order valence-electron chi connectivity index (χ2n) is 9.23. The highest BCUT2D eigenvalue weighted by molar-refractivity contribution is 7.12. The second-order valence-corrected chi connectivity index (χ2v) is 10.5. The Hall–Kier alpha value is -3.85. The van der Waals surface area contributed by atoms with Crippen molar-refractivity contribution in [3.05, 3.63) is 75.2 Å². The molecule has 0 spiro atoms. The zero-order valence-corrected chi connectivity index (χ0v) is 23.4. The van der Waals surface area contributed by atoms with Crippen LogP contribution >= 0.6 is 11.3 Å². The van der Waals surface area contributed by atoms with Gasteiger partial charge in [-0.1, -0.05) is 30.3 Å². The molecule has 3 aromatic rings. The van der Waals surface area contributed by atoms with Gasteiger partial charge in [0.2, 0.25) is 0 Å². The lowest BCUT2D eigenvalue weighted by molar-refractivity contribution is -0.150. The third-order valence-electron chi connectivity index (χ3n) is 7.09. The minimum Gasteiger partial charge on any atom is -0.493 e. The summed E-state index contributed by atoms with van der Waals surface area (Å²) in [5.74, 6) is -1.31. The van der Waals surface area contributed by atoms with Crippen LogP contribution in [0.25, 0.3) is 11.3 Å². The number of allylic oxidation sites excluding steroid dienone is 1. The van der Waals surface area contributed by atoms with E-state index < -0.39 is 29.3 Å². The first-order chi connectivity index (χ1) is 18.2. The number of carbonyl (C=O) groups excluding carboxylic acids is 2. The molecule has 3 atom stereocenters. The molecule has 38 heavy (non-hydrogen) atoms. The highest BCUT2D eigenvalue weighted by Gasteiger charge is 2.54. The molecule has 0 saturated carbocycles. The normalized spacial score (nSPS) is 20.9. The van der Waals surface area contributed by atoms with Gasteiger partial charge in [0.15, 0.2) is 11.5 Å². The molecule has 1 N–H and O–H groups in total. The Labute approximate surface area is 226 Å². The maximum atomic E-state index is 13.5. The van der Waals surface area contributed by atoms with Gasteiger partial charge in [0, 0.05) is 16.1 Å². The van der Waals surface area contributed by atoms with E-state index in [1.165, 1.54) is 25.6 Å².